The zero-order valence-electron chi connectivity index (χ0n) is 23.0. The van der Waals surface area contributed by atoms with Gasteiger partial charge in [-0.15, -0.1) is 0 Å². The number of nitrogens with zero attached hydrogens (tertiary/aromatic N) is 1. The van der Waals surface area contributed by atoms with Crippen LogP contribution in [0.15, 0.2) is 164 Å². The summed E-state index contributed by atoms with van der Waals surface area (Å²) in [6.45, 7) is 4.26. The highest BCUT2D eigenvalue weighted by Gasteiger charge is 2.38. The molecule has 0 aliphatic rings. The average molecular weight is 516 g/mol. The van der Waals surface area contributed by atoms with E-state index < -0.39 is 5.41 Å². The van der Waals surface area contributed by atoms with Gasteiger partial charge in [0.05, 0.1) is 5.41 Å². The summed E-state index contributed by atoms with van der Waals surface area (Å²) in [5.41, 5.74) is 10.4. The van der Waals surface area contributed by atoms with E-state index in [1.165, 1.54) is 33.4 Å². The monoisotopic (exact) mass is 515 g/mol. The maximum atomic E-state index is 2.33. The fraction of sp³-hybridized carbons (Fsp3) is 0.0769. The molecule has 6 aromatic rings. The molecule has 0 aliphatic carbocycles. The first-order valence-electron chi connectivity index (χ1n) is 13.9. The lowest BCUT2D eigenvalue weighted by Crippen LogP contribution is -2.31. The number of benzene rings is 6. The smallest absolute Gasteiger partial charge is 0.0701 e. The van der Waals surface area contributed by atoms with E-state index in [0.29, 0.717) is 0 Å². The Morgan fingerprint density at radius 1 is 0.325 bits per heavy atom. The van der Waals surface area contributed by atoms with E-state index in [1.54, 1.807) is 0 Å². The largest absolute Gasteiger partial charge is 0.311 e. The molecule has 0 heterocycles. The van der Waals surface area contributed by atoms with E-state index in [1.807, 2.05) is 0 Å². The first kappa shape index (κ1) is 25.4. The summed E-state index contributed by atoms with van der Waals surface area (Å²) in [5.74, 6) is 0. The van der Waals surface area contributed by atoms with Crippen LogP contribution < -0.4 is 4.90 Å². The van der Waals surface area contributed by atoms with E-state index in [-0.39, 0.29) is 0 Å². The van der Waals surface area contributed by atoms with Crippen LogP contribution in [0.5, 0.6) is 0 Å². The van der Waals surface area contributed by atoms with Gasteiger partial charge in [-0.2, -0.15) is 0 Å². The van der Waals surface area contributed by atoms with Crippen LogP contribution >= 0.6 is 0 Å². The molecule has 0 aromatic heterocycles. The number of hydrogen-bond acceptors (Lipinski definition) is 1. The molecule has 0 amide bonds. The summed E-state index contributed by atoms with van der Waals surface area (Å²) >= 11 is 0. The molecular formula is C39H33N. The molecular weight excluding hydrogens is 482 g/mol. The maximum absolute atomic E-state index is 2.33. The van der Waals surface area contributed by atoms with Gasteiger partial charge in [0.2, 0.25) is 0 Å². The minimum atomic E-state index is -0.457. The summed E-state index contributed by atoms with van der Waals surface area (Å²) in [6, 6.07) is 59.2. The molecule has 0 unspecified atom stereocenters. The lowest BCUT2D eigenvalue weighted by Gasteiger charge is -2.37. The lowest BCUT2D eigenvalue weighted by molar-refractivity contribution is 0.745. The minimum Gasteiger partial charge on any atom is -0.311 e. The molecule has 0 bridgehead atoms. The summed E-state index contributed by atoms with van der Waals surface area (Å²) in [5, 5.41) is 0. The van der Waals surface area contributed by atoms with Crippen molar-refractivity contribution in [1.82, 2.24) is 0 Å². The second-order valence-electron chi connectivity index (χ2n) is 10.4. The third-order valence-electron chi connectivity index (χ3n) is 7.76. The van der Waals surface area contributed by atoms with Gasteiger partial charge in [0.25, 0.3) is 0 Å². The lowest BCUT2D eigenvalue weighted by atomic mass is 9.65. The SMILES string of the molecule is Cc1ccc(N(c2ccc(C)cc2)c2ccc(C(c3ccccc3)(c3ccccc3)c3ccccc3)cc2)cc1. The minimum absolute atomic E-state index is 0.457. The summed E-state index contributed by atoms with van der Waals surface area (Å²) in [6.07, 6.45) is 0. The van der Waals surface area contributed by atoms with Gasteiger partial charge in [-0.1, -0.05) is 139 Å². The van der Waals surface area contributed by atoms with Crippen molar-refractivity contribution in [2.24, 2.45) is 0 Å². The van der Waals surface area contributed by atoms with E-state index in [2.05, 4.69) is 183 Å². The van der Waals surface area contributed by atoms with Crippen molar-refractivity contribution in [2.45, 2.75) is 19.3 Å². The van der Waals surface area contributed by atoms with Gasteiger partial charge >= 0.3 is 0 Å². The zero-order chi connectivity index (χ0) is 27.4. The summed E-state index contributed by atoms with van der Waals surface area (Å²) in [7, 11) is 0. The topological polar surface area (TPSA) is 3.24 Å². The number of aryl methyl sites for hydroxylation is 2. The van der Waals surface area contributed by atoms with Crippen LogP contribution in [-0.2, 0) is 5.41 Å². The molecule has 0 aliphatic heterocycles. The summed E-state index contributed by atoms with van der Waals surface area (Å²) in [4.78, 5) is 2.33. The molecule has 0 saturated carbocycles. The third-order valence-corrected chi connectivity index (χ3v) is 7.76. The zero-order valence-corrected chi connectivity index (χ0v) is 23.0. The van der Waals surface area contributed by atoms with Gasteiger partial charge in [0.1, 0.15) is 0 Å². The second-order valence-corrected chi connectivity index (χ2v) is 10.4. The average Bonchev–Trinajstić information content (AvgIpc) is 3.02. The quantitative estimate of drug-likeness (QED) is 0.191. The number of rotatable bonds is 7. The van der Waals surface area contributed by atoms with Gasteiger partial charge in [0.15, 0.2) is 0 Å². The standard InChI is InChI=1S/C39H33N/c1-30-18-24-36(25-19-30)40(37-26-20-31(2)21-27-37)38-28-22-35(23-29-38)39(32-12-6-3-7-13-32,33-14-8-4-9-15-33)34-16-10-5-11-17-34/h3-29H,1-2H3. The van der Waals surface area contributed by atoms with Crippen molar-refractivity contribution < 1.29 is 0 Å². The Labute approximate surface area is 238 Å². The molecule has 0 saturated heterocycles. The molecule has 0 radical (unpaired) electrons. The molecule has 6 rings (SSSR count). The van der Waals surface area contributed by atoms with E-state index in [4.69, 9.17) is 0 Å². The molecule has 1 nitrogen and oxygen atoms in total. The first-order chi connectivity index (χ1) is 19.7. The van der Waals surface area contributed by atoms with Crippen LogP contribution in [0, 0.1) is 13.8 Å². The Balaban J connectivity index is 1.55. The van der Waals surface area contributed by atoms with Crippen molar-refractivity contribution in [3.8, 4) is 0 Å². The van der Waals surface area contributed by atoms with Crippen molar-refractivity contribution in [1.29, 1.82) is 0 Å². The van der Waals surface area contributed by atoms with E-state index in [9.17, 15) is 0 Å². The number of anilines is 3. The molecule has 0 N–H and O–H groups in total. The molecule has 0 atom stereocenters. The van der Waals surface area contributed by atoms with E-state index in [0.717, 1.165) is 17.1 Å². The Hall–Kier alpha value is -4.88. The van der Waals surface area contributed by atoms with Crippen LogP contribution in [0.4, 0.5) is 17.1 Å². The Morgan fingerprint density at radius 3 is 0.925 bits per heavy atom. The van der Waals surface area contributed by atoms with Crippen LogP contribution in [0.1, 0.15) is 33.4 Å². The fourth-order valence-electron chi connectivity index (χ4n) is 5.76. The van der Waals surface area contributed by atoms with Gasteiger partial charge in [0, 0.05) is 17.1 Å². The van der Waals surface area contributed by atoms with Crippen molar-refractivity contribution >= 4 is 17.1 Å². The molecule has 0 spiro atoms. The third kappa shape index (κ3) is 4.72. The van der Waals surface area contributed by atoms with Crippen LogP contribution in [0.2, 0.25) is 0 Å². The Bertz CT molecular complexity index is 1510. The van der Waals surface area contributed by atoms with E-state index >= 15 is 0 Å². The van der Waals surface area contributed by atoms with Crippen molar-refractivity contribution in [3.05, 3.63) is 197 Å². The number of hydrogen-bond donors (Lipinski definition) is 0. The van der Waals surface area contributed by atoms with Crippen molar-refractivity contribution in [2.75, 3.05) is 4.90 Å². The fourth-order valence-corrected chi connectivity index (χ4v) is 5.76. The predicted molar refractivity (Wildman–Crippen MR) is 169 cm³/mol. The Kier molecular flexibility index (Phi) is 7.04. The molecule has 1 heteroatoms. The van der Waals surface area contributed by atoms with Gasteiger partial charge in [-0.05, 0) is 72.5 Å². The Morgan fingerprint density at radius 2 is 0.600 bits per heavy atom. The van der Waals surface area contributed by atoms with Crippen molar-refractivity contribution in [3.63, 3.8) is 0 Å². The first-order valence-corrected chi connectivity index (χ1v) is 13.9. The van der Waals surface area contributed by atoms with Crippen LogP contribution in [-0.4, -0.2) is 0 Å². The van der Waals surface area contributed by atoms with Crippen LogP contribution in [0.25, 0.3) is 0 Å². The highest BCUT2D eigenvalue weighted by atomic mass is 15.1. The van der Waals surface area contributed by atoms with Crippen LogP contribution in [0.3, 0.4) is 0 Å². The normalized spacial score (nSPS) is 11.2. The second kappa shape index (κ2) is 11.1. The van der Waals surface area contributed by atoms with Gasteiger partial charge < -0.3 is 4.90 Å². The highest BCUT2D eigenvalue weighted by Crippen LogP contribution is 2.46. The maximum Gasteiger partial charge on any atom is 0.0701 e. The molecule has 0 fully saturated rings. The highest BCUT2D eigenvalue weighted by molar-refractivity contribution is 5.77. The van der Waals surface area contributed by atoms with Gasteiger partial charge in [-0.25, -0.2) is 0 Å². The van der Waals surface area contributed by atoms with Gasteiger partial charge in [-0.3, -0.25) is 0 Å². The molecule has 6 aromatic carbocycles. The molecule has 40 heavy (non-hydrogen) atoms. The molecule has 194 valence electrons. The predicted octanol–water partition coefficient (Wildman–Crippen LogP) is 10.2. The summed E-state index contributed by atoms with van der Waals surface area (Å²) < 4.78 is 0.